The summed E-state index contributed by atoms with van der Waals surface area (Å²) in [5, 5.41) is 0. The maximum absolute atomic E-state index is 12.2. The van der Waals surface area contributed by atoms with Crippen molar-refractivity contribution in [2.45, 2.75) is 58.5 Å². The first kappa shape index (κ1) is 13.1. The predicted molar refractivity (Wildman–Crippen MR) is 72.8 cm³/mol. The summed E-state index contributed by atoms with van der Waals surface area (Å²) in [6.45, 7) is 6.06. The molecule has 0 saturated heterocycles. The number of hydrogen-bond donors (Lipinski definition) is 0. The van der Waals surface area contributed by atoms with E-state index in [1.165, 1.54) is 12.0 Å². The van der Waals surface area contributed by atoms with Crippen LogP contribution >= 0.6 is 0 Å². The van der Waals surface area contributed by atoms with Gasteiger partial charge in [0.2, 0.25) is 0 Å². The molecule has 98 valence electrons. The van der Waals surface area contributed by atoms with Crippen LogP contribution in [0, 0.1) is 13.8 Å². The van der Waals surface area contributed by atoms with E-state index in [1.54, 1.807) is 0 Å². The van der Waals surface area contributed by atoms with Crippen LogP contribution in [0.15, 0.2) is 18.2 Å². The molecular weight excluding hydrogens is 224 g/mol. The second-order valence-corrected chi connectivity index (χ2v) is 5.72. The Morgan fingerprint density at radius 2 is 1.83 bits per heavy atom. The van der Waals surface area contributed by atoms with Gasteiger partial charge in [0, 0.05) is 0 Å². The van der Waals surface area contributed by atoms with Crippen molar-refractivity contribution in [3.05, 3.63) is 34.9 Å². The highest BCUT2D eigenvalue weighted by atomic mass is 16.6. The first-order chi connectivity index (χ1) is 8.50. The second-order valence-electron chi connectivity index (χ2n) is 5.72. The fourth-order valence-electron chi connectivity index (χ4n) is 2.72. The summed E-state index contributed by atoms with van der Waals surface area (Å²) in [6.07, 6.45) is 5.57. The lowest BCUT2D eigenvalue weighted by molar-refractivity contribution is -0.0269. The van der Waals surface area contributed by atoms with Crippen LogP contribution in [0.5, 0.6) is 0 Å². The zero-order valence-electron chi connectivity index (χ0n) is 11.6. The van der Waals surface area contributed by atoms with Crippen molar-refractivity contribution in [1.82, 2.24) is 0 Å². The molecule has 0 spiro atoms. The Balaban J connectivity index is 2.11. The molecule has 2 rings (SSSR count). The van der Waals surface area contributed by atoms with Gasteiger partial charge in [0.25, 0.3) is 0 Å². The minimum absolute atomic E-state index is 0.170. The number of rotatable bonds is 2. The molecule has 0 heterocycles. The van der Waals surface area contributed by atoms with Crippen LogP contribution in [-0.4, -0.2) is 11.6 Å². The van der Waals surface area contributed by atoms with E-state index in [4.69, 9.17) is 4.74 Å². The molecule has 0 atom stereocenters. The lowest BCUT2D eigenvalue weighted by atomic mass is 9.86. The van der Waals surface area contributed by atoms with Gasteiger partial charge in [0.1, 0.15) is 5.60 Å². The van der Waals surface area contributed by atoms with Crippen LogP contribution in [0.25, 0.3) is 0 Å². The van der Waals surface area contributed by atoms with Crippen LogP contribution in [0.1, 0.15) is 60.5 Å². The Kier molecular flexibility index (Phi) is 3.74. The van der Waals surface area contributed by atoms with Gasteiger partial charge in [-0.2, -0.15) is 0 Å². The molecule has 0 N–H and O–H groups in total. The van der Waals surface area contributed by atoms with E-state index >= 15 is 0 Å². The van der Waals surface area contributed by atoms with Gasteiger partial charge in [-0.3, -0.25) is 0 Å². The molecule has 0 amide bonds. The largest absolute Gasteiger partial charge is 0.456 e. The molecule has 0 aliphatic heterocycles. The summed E-state index contributed by atoms with van der Waals surface area (Å²) in [5.74, 6) is -0.170. The van der Waals surface area contributed by atoms with E-state index in [-0.39, 0.29) is 11.6 Å². The predicted octanol–water partition coefficient (Wildman–Crippen LogP) is 4.18. The van der Waals surface area contributed by atoms with Crippen LogP contribution in [0.3, 0.4) is 0 Å². The number of benzene rings is 1. The monoisotopic (exact) mass is 246 g/mol. The summed E-state index contributed by atoms with van der Waals surface area (Å²) in [7, 11) is 0. The van der Waals surface area contributed by atoms with E-state index in [0.29, 0.717) is 5.56 Å². The van der Waals surface area contributed by atoms with Crippen molar-refractivity contribution in [3.63, 3.8) is 0 Å². The SMILES string of the molecule is Cc1ccc(C(=O)OC2(C)CCCCC2)c(C)c1. The average Bonchev–Trinajstić information content (AvgIpc) is 2.28. The summed E-state index contributed by atoms with van der Waals surface area (Å²) >= 11 is 0. The average molecular weight is 246 g/mol. The Hall–Kier alpha value is -1.31. The fourth-order valence-corrected chi connectivity index (χ4v) is 2.72. The third-order valence-electron chi connectivity index (χ3n) is 3.85. The molecule has 1 aliphatic carbocycles. The third kappa shape index (κ3) is 2.92. The van der Waals surface area contributed by atoms with E-state index in [0.717, 1.165) is 31.2 Å². The second kappa shape index (κ2) is 5.13. The Labute approximate surface area is 109 Å². The quantitative estimate of drug-likeness (QED) is 0.732. The zero-order chi connectivity index (χ0) is 13.2. The number of hydrogen-bond acceptors (Lipinski definition) is 2. The molecule has 2 heteroatoms. The Morgan fingerprint density at radius 1 is 1.17 bits per heavy atom. The molecule has 0 bridgehead atoms. The maximum atomic E-state index is 12.2. The first-order valence-electron chi connectivity index (χ1n) is 6.81. The summed E-state index contributed by atoms with van der Waals surface area (Å²) in [4.78, 5) is 12.2. The highest BCUT2D eigenvalue weighted by Gasteiger charge is 2.31. The minimum Gasteiger partial charge on any atom is -0.456 e. The molecule has 1 saturated carbocycles. The van der Waals surface area contributed by atoms with E-state index in [1.807, 2.05) is 32.0 Å². The molecular formula is C16H22O2. The van der Waals surface area contributed by atoms with Gasteiger partial charge in [-0.15, -0.1) is 0 Å². The number of carbonyl (C=O) groups is 1. The number of ether oxygens (including phenoxy) is 1. The van der Waals surface area contributed by atoms with Crippen LogP contribution in [0.4, 0.5) is 0 Å². The molecule has 1 aliphatic rings. The Morgan fingerprint density at radius 3 is 2.44 bits per heavy atom. The lowest BCUT2D eigenvalue weighted by Crippen LogP contribution is -2.34. The minimum atomic E-state index is -0.257. The van der Waals surface area contributed by atoms with Crippen molar-refractivity contribution < 1.29 is 9.53 Å². The standard InChI is InChI=1S/C16H22O2/c1-12-7-8-14(13(2)11-12)15(17)18-16(3)9-5-4-6-10-16/h7-8,11H,4-6,9-10H2,1-3H3. The van der Waals surface area contributed by atoms with Crippen molar-refractivity contribution in [1.29, 1.82) is 0 Å². The van der Waals surface area contributed by atoms with Crippen molar-refractivity contribution in [2.75, 3.05) is 0 Å². The van der Waals surface area contributed by atoms with Crippen molar-refractivity contribution in [3.8, 4) is 0 Å². The van der Waals surface area contributed by atoms with Gasteiger partial charge in [-0.1, -0.05) is 24.1 Å². The van der Waals surface area contributed by atoms with E-state index in [2.05, 4.69) is 6.92 Å². The van der Waals surface area contributed by atoms with Crippen LogP contribution < -0.4 is 0 Å². The van der Waals surface area contributed by atoms with Gasteiger partial charge in [0.05, 0.1) is 5.56 Å². The van der Waals surface area contributed by atoms with Gasteiger partial charge in [-0.25, -0.2) is 4.79 Å². The highest BCUT2D eigenvalue weighted by molar-refractivity contribution is 5.91. The number of aryl methyl sites for hydroxylation is 2. The van der Waals surface area contributed by atoms with E-state index in [9.17, 15) is 4.79 Å². The fraction of sp³-hybridized carbons (Fsp3) is 0.562. The number of esters is 1. The van der Waals surface area contributed by atoms with Gasteiger partial charge in [0.15, 0.2) is 0 Å². The molecule has 1 fully saturated rings. The molecule has 0 unspecified atom stereocenters. The summed E-state index contributed by atoms with van der Waals surface area (Å²) in [6, 6.07) is 5.87. The Bertz CT molecular complexity index is 442. The van der Waals surface area contributed by atoms with Crippen molar-refractivity contribution in [2.24, 2.45) is 0 Å². The topological polar surface area (TPSA) is 26.3 Å². The van der Waals surface area contributed by atoms with Gasteiger partial charge >= 0.3 is 5.97 Å². The molecule has 1 aromatic carbocycles. The van der Waals surface area contributed by atoms with Gasteiger partial charge in [-0.05, 0) is 58.1 Å². The first-order valence-corrected chi connectivity index (χ1v) is 6.81. The smallest absolute Gasteiger partial charge is 0.338 e. The summed E-state index contributed by atoms with van der Waals surface area (Å²) < 4.78 is 5.75. The zero-order valence-corrected chi connectivity index (χ0v) is 11.6. The normalized spacial score (nSPS) is 18.4. The van der Waals surface area contributed by atoms with Crippen LogP contribution in [-0.2, 0) is 4.74 Å². The summed E-state index contributed by atoms with van der Waals surface area (Å²) in [5.41, 5.74) is 2.62. The maximum Gasteiger partial charge on any atom is 0.338 e. The van der Waals surface area contributed by atoms with Crippen LogP contribution in [0.2, 0.25) is 0 Å². The van der Waals surface area contributed by atoms with Crippen molar-refractivity contribution >= 4 is 5.97 Å². The lowest BCUT2D eigenvalue weighted by Gasteiger charge is -2.33. The van der Waals surface area contributed by atoms with E-state index < -0.39 is 0 Å². The van der Waals surface area contributed by atoms with Gasteiger partial charge < -0.3 is 4.74 Å². The molecule has 0 aromatic heterocycles. The molecule has 0 radical (unpaired) electrons. The highest BCUT2D eigenvalue weighted by Crippen LogP contribution is 2.32. The molecule has 1 aromatic rings. The molecule has 2 nitrogen and oxygen atoms in total. The molecule has 18 heavy (non-hydrogen) atoms. The number of carbonyl (C=O) groups excluding carboxylic acids is 1. The third-order valence-corrected chi connectivity index (χ3v) is 3.85.